The van der Waals surface area contributed by atoms with Crippen molar-refractivity contribution in [3.8, 4) is 0 Å². The van der Waals surface area contributed by atoms with Crippen LogP contribution in [0.1, 0.15) is 39.5 Å². The summed E-state index contributed by atoms with van der Waals surface area (Å²) in [7, 11) is 0. The Morgan fingerprint density at radius 1 is 1.38 bits per heavy atom. The van der Waals surface area contributed by atoms with E-state index in [1.165, 1.54) is 12.8 Å². The van der Waals surface area contributed by atoms with E-state index in [0.717, 1.165) is 24.3 Å². The third-order valence-corrected chi connectivity index (χ3v) is 3.91. The maximum absolute atomic E-state index is 9.50. The Kier molecular flexibility index (Phi) is 9.69. The lowest BCUT2D eigenvalue weighted by Gasteiger charge is -2.18. The second-order valence-corrected chi connectivity index (χ2v) is 5.16. The molecule has 80 valence electrons. The third kappa shape index (κ3) is 7.71. The van der Waals surface area contributed by atoms with Crippen LogP contribution in [0.4, 0.5) is 0 Å². The van der Waals surface area contributed by atoms with Crippen molar-refractivity contribution in [2.75, 3.05) is 11.5 Å². The van der Waals surface area contributed by atoms with Crippen molar-refractivity contribution in [3.05, 3.63) is 0 Å². The van der Waals surface area contributed by atoms with Crippen molar-refractivity contribution in [1.29, 1.82) is 0 Å². The Morgan fingerprint density at radius 3 is 2.54 bits per heavy atom. The summed E-state index contributed by atoms with van der Waals surface area (Å²) in [5.41, 5.74) is 0. The zero-order valence-electron chi connectivity index (χ0n) is 8.70. The molecule has 0 aromatic rings. The van der Waals surface area contributed by atoms with Gasteiger partial charge in [-0.15, -0.1) is 0 Å². The van der Waals surface area contributed by atoms with Gasteiger partial charge in [-0.1, -0.05) is 19.8 Å². The molecule has 0 amide bonds. The molecule has 13 heavy (non-hydrogen) atoms. The predicted octanol–water partition coefficient (Wildman–Crippen LogP) is 2.98. The van der Waals surface area contributed by atoms with Crippen LogP contribution in [0, 0.1) is 0 Å². The minimum Gasteiger partial charge on any atom is -0.392 e. The predicted molar refractivity (Wildman–Crippen MR) is 65.9 cm³/mol. The highest BCUT2D eigenvalue weighted by atomic mass is 32.2. The highest BCUT2D eigenvalue weighted by Gasteiger charge is 2.13. The number of unbranched alkanes of at least 4 members (excludes halogenated alkanes) is 1. The number of thioether (sulfide) groups is 1. The number of hydrogen-bond acceptors (Lipinski definition) is 3. The van der Waals surface area contributed by atoms with Crippen molar-refractivity contribution in [1.82, 2.24) is 0 Å². The molecule has 2 atom stereocenters. The molecule has 2 unspecified atom stereocenters. The molecule has 0 aliphatic rings. The summed E-state index contributed by atoms with van der Waals surface area (Å²) in [5, 5.41) is 9.93. The minimum atomic E-state index is -0.170. The van der Waals surface area contributed by atoms with Crippen molar-refractivity contribution in [2.24, 2.45) is 0 Å². The van der Waals surface area contributed by atoms with E-state index >= 15 is 0 Å². The fourth-order valence-electron chi connectivity index (χ4n) is 1.17. The fraction of sp³-hybridized carbons (Fsp3) is 1.00. The molecule has 1 nitrogen and oxygen atoms in total. The molecule has 0 fully saturated rings. The molecule has 0 aromatic carbocycles. The van der Waals surface area contributed by atoms with Gasteiger partial charge < -0.3 is 5.11 Å². The normalized spacial score (nSPS) is 15.7. The van der Waals surface area contributed by atoms with Gasteiger partial charge in [-0.05, 0) is 31.3 Å². The van der Waals surface area contributed by atoms with Gasteiger partial charge >= 0.3 is 0 Å². The van der Waals surface area contributed by atoms with E-state index < -0.39 is 0 Å². The zero-order valence-corrected chi connectivity index (χ0v) is 10.4. The minimum absolute atomic E-state index is 0.170. The lowest BCUT2D eigenvalue weighted by Crippen LogP contribution is -2.19. The second-order valence-electron chi connectivity index (χ2n) is 3.37. The molecule has 0 rings (SSSR count). The van der Waals surface area contributed by atoms with E-state index in [1.807, 2.05) is 18.7 Å². The maximum atomic E-state index is 9.50. The van der Waals surface area contributed by atoms with Crippen molar-refractivity contribution in [2.45, 2.75) is 50.9 Å². The highest BCUT2D eigenvalue weighted by Crippen LogP contribution is 2.21. The van der Waals surface area contributed by atoms with Gasteiger partial charge in [0.05, 0.1) is 6.10 Å². The van der Waals surface area contributed by atoms with Crippen molar-refractivity contribution < 1.29 is 5.11 Å². The molecule has 1 N–H and O–H groups in total. The maximum Gasteiger partial charge on any atom is 0.0630 e. The Hall–Kier alpha value is 0.660. The molecule has 0 saturated heterocycles. The standard InChI is InChI=1S/C10H22OS2/c1-3-4-6-10(9(2)11)13-8-5-7-12/h9-12H,3-8H2,1-2H3. The van der Waals surface area contributed by atoms with Gasteiger partial charge in [-0.2, -0.15) is 24.4 Å². The first-order valence-corrected chi connectivity index (χ1v) is 6.81. The molecule has 0 aromatic heterocycles. The van der Waals surface area contributed by atoms with Gasteiger partial charge in [-0.3, -0.25) is 0 Å². The molecular weight excluding hydrogens is 200 g/mol. The first-order valence-electron chi connectivity index (χ1n) is 5.12. The number of aliphatic hydroxyl groups excluding tert-OH is 1. The van der Waals surface area contributed by atoms with Gasteiger partial charge in [0.2, 0.25) is 0 Å². The number of rotatable bonds is 8. The van der Waals surface area contributed by atoms with E-state index in [0.29, 0.717) is 5.25 Å². The van der Waals surface area contributed by atoms with Gasteiger partial charge in [-0.25, -0.2) is 0 Å². The SMILES string of the molecule is CCCCC(SCCCS)C(C)O. The van der Waals surface area contributed by atoms with Crippen LogP contribution in [0.2, 0.25) is 0 Å². The lowest BCUT2D eigenvalue weighted by atomic mass is 10.1. The molecule has 0 spiro atoms. The summed E-state index contributed by atoms with van der Waals surface area (Å²) in [5.74, 6) is 2.08. The van der Waals surface area contributed by atoms with E-state index in [4.69, 9.17) is 0 Å². The Balaban J connectivity index is 3.54. The Labute approximate surface area is 92.1 Å². The molecule has 0 saturated carbocycles. The second kappa shape index (κ2) is 9.22. The number of thiol groups is 1. The Bertz CT molecular complexity index is 107. The summed E-state index contributed by atoms with van der Waals surface area (Å²) >= 11 is 6.06. The van der Waals surface area contributed by atoms with Crippen LogP contribution in [0.5, 0.6) is 0 Å². The van der Waals surface area contributed by atoms with Crippen LogP contribution in [-0.4, -0.2) is 28.0 Å². The van der Waals surface area contributed by atoms with Crippen LogP contribution in [-0.2, 0) is 0 Å². The van der Waals surface area contributed by atoms with Crippen LogP contribution < -0.4 is 0 Å². The van der Waals surface area contributed by atoms with Crippen molar-refractivity contribution in [3.63, 3.8) is 0 Å². The largest absolute Gasteiger partial charge is 0.392 e. The first kappa shape index (κ1) is 13.7. The van der Waals surface area contributed by atoms with E-state index in [-0.39, 0.29) is 6.10 Å². The van der Waals surface area contributed by atoms with Gasteiger partial charge in [0.25, 0.3) is 0 Å². The average molecular weight is 222 g/mol. The molecular formula is C10H22OS2. The molecule has 0 heterocycles. The van der Waals surface area contributed by atoms with E-state index in [1.54, 1.807) is 0 Å². The monoisotopic (exact) mass is 222 g/mol. The summed E-state index contributed by atoms with van der Waals surface area (Å²) in [6, 6.07) is 0. The van der Waals surface area contributed by atoms with Crippen molar-refractivity contribution >= 4 is 24.4 Å². The molecule has 3 heteroatoms. The van der Waals surface area contributed by atoms with Gasteiger partial charge in [0.1, 0.15) is 0 Å². The highest BCUT2D eigenvalue weighted by molar-refractivity contribution is 7.99. The van der Waals surface area contributed by atoms with E-state index in [9.17, 15) is 5.11 Å². The number of hydrogen-bond donors (Lipinski definition) is 2. The fourth-order valence-corrected chi connectivity index (χ4v) is 2.77. The quantitative estimate of drug-likeness (QED) is 0.486. The molecule has 0 aliphatic heterocycles. The summed E-state index contributed by atoms with van der Waals surface area (Å²) in [4.78, 5) is 0. The van der Waals surface area contributed by atoms with E-state index in [2.05, 4.69) is 19.6 Å². The van der Waals surface area contributed by atoms with Gasteiger partial charge in [0, 0.05) is 5.25 Å². The summed E-state index contributed by atoms with van der Waals surface area (Å²) in [6.07, 6.45) is 4.56. The zero-order chi connectivity index (χ0) is 10.1. The first-order chi connectivity index (χ1) is 6.22. The summed E-state index contributed by atoms with van der Waals surface area (Å²) in [6.45, 7) is 4.09. The molecule has 0 bridgehead atoms. The molecule has 0 aliphatic carbocycles. The van der Waals surface area contributed by atoms with Crippen LogP contribution in [0.3, 0.4) is 0 Å². The number of aliphatic hydroxyl groups is 1. The topological polar surface area (TPSA) is 20.2 Å². The third-order valence-electron chi connectivity index (χ3n) is 2.01. The summed E-state index contributed by atoms with van der Waals surface area (Å²) < 4.78 is 0. The smallest absolute Gasteiger partial charge is 0.0630 e. The van der Waals surface area contributed by atoms with Crippen LogP contribution in [0.15, 0.2) is 0 Å². The lowest BCUT2D eigenvalue weighted by molar-refractivity contribution is 0.187. The van der Waals surface area contributed by atoms with Crippen LogP contribution >= 0.6 is 24.4 Å². The van der Waals surface area contributed by atoms with Gasteiger partial charge in [0.15, 0.2) is 0 Å². The molecule has 0 radical (unpaired) electrons. The Morgan fingerprint density at radius 2 is 2.08 bits per heavy atom. The average Bonchev–Trinajstić information content (AvgIpc) is 2.10. The van der Waals surface area contributed by atoms with Crippen LogP contribution in [0.25, 0.3) is 0 Å².